The second-order valence-electron chi connectivity index (χ2n) is 6.54. The fourth-order valence-corrected chi connectivity index (χ4v) is 3.83. The predicted octanol–water partition coefficient (Wildman–Crippen LogP) is 3.76. The number of nitrogens with zero attached hydrogens (tertiary/aromatic N) is 3. The van der Waals surface area contributed by atoms with E-state index in [0.29, 0.717) is 11.8 Å². The van der Waals surface area contributed by atoms with Crippen LogP contribution in [0.15, 0.2) is 45.5 Å². The zero-order valence-corrected chi connectivity index (χ0v) is 15.4. The lowest BCUT2D eigenvalue weighted by Gasteiger charge is -2.29. The molecule has 1 saturated heterocycles. The van der Waals surface area contributed by atoms with Crippen LogP contribution < -0.4 is 5.32 Å². The number of halogens is 1. The average Bonchev–Trinajstić information content (AvgIpc) is 3.36. The van der Waals surface area contributed by atoms with Crippen LogP contribution in [0.3, 0.4) is 0 Å². The lowest BCUT2D eigenvalue weighted by Crippen LogP contribution is -2.38. The van der Waals surface area contributed by atoms with Gasteiger partial charge in [-0.2, -0.15) is 11.3 Å². The average molecular weight is 386 g/mol. The van der Waals surface area contributed by atoms with Crippen LogP contribution in [-0.4, -0.2) is 40.6 Å². The van der Waals surface area contributed by atoms with Gasteiger partial charge in [0, 0.05) is 16.9 Å². The second-order valence-corrected chi connectivity index (χ2v) is 7.32. The Balaban J connectivity index is 1.29. The first kappa shape index (κ1) is 17.8. The number of anilines is 1. The van der Waals surface area contributed by atoms with Crippen LogP contribution in [0.25, 0.3) is 11.5 Å². The Morgan fingerprint density at radius 2 is 2.07 bits per heavy atom. The number of carbonyl (C=O) groups is 1. The van der Waals surface area contributed by atoms with Gasteiger partial charge in [-0.25, -0.2) is 4.39 Å². The number of hydrogen-bond acceptors (Lipinski definition) is 6. The number of hydrogen-bond donors (Lipinski definition) is 1. The van der Waals surface area contributed by atoms with Crippen LogP contribution in [0.2, 0.25) is 0 Å². The van der Waals surface area contributed by atoms with E-state index in [9.17, 15) is 9.18 Å². The van der Waals surface area contributed by atoms with Gasteiger partial charge in [0.2, 0.25) is 17.7 Å². The Labute approximate surface area is 160 Å². The van der Waals surface area contributed by atoms with Gasteiger partial charge in [0.1, 0.15) is 5.82 Å². The highest BCUT2D eigenvalue weighted by Crippen LogP contribution is 2.29. The molecule has 2 aromatic heterocycles. The van der Waals surface area contributed by atoms with Gasteiger partial charge in [-0.3, -0.25) is 9.69 Å². The van der Waals surface area contributed by atoms with Crippen molar-refractivity contribution in [1.29, 1.82) is 0 Å². The number of carbonyl (C=O) groups excluding carboxylic acids is 1. The zero-order chi connectivity index (χ0) is 18.6. The van der Waals surface area contributed by atoms with E-state index < -0.39 is 5.82 Å². The molecule has 1 fully saturated rings. The smallest absolute Gasteiger partial charge is 0.248 e. The van der Waals surface area contributed by atoms with Crippen molar-refractivity contribution in [2.24, 2.45) is 0 Å². The van der Waals surface area contributed by atoms with E-state index in [1.807, 2.05) is 16.8 Å². The Bertz CT molecular complexity index is 904. The minimum atomic E-state index is -0.428. The predicted molar refractivity (Wildman–Crippen MR) is 101 cm³/mol. The summed E-state index contributed by atoms with van der Waals surface area (Å²) in [7, 11) is 0. The summed E-state index contributed by atoms with van der Waals surface area (Å²) in [6, 6.07) is 8.13. The molecule has 1 aliphatic heterocycles. The number of piperidine rings is 1. The molecule has 1 aromatic carbocycles. The number of likely N-dealkylation sites (tertiary alicyclic amines) is 1. The third-order valence-corrected chi connectivity index (χ3v) is 5.34. The summed E-state index contributed by atoms with van der Waals surface area (Å²) in [6.45, 7) is 1.75. The van der Waals surface area contributed by atoms with Crippen LogP contribution in [0.5, 0.6) is 0 Å². The molecular formula is C19H19FN4O2S. The van der Waals surface area contributed by atoms with Crippen molar-refractivity contribution in [3.05, 3.63) is 52.8 Å². The number of thiophene rings is 1. The summed E-state index contributed by atoms with van der Waals surface area (Å²) in [4.78, 5) is 14.2. The van der Waals surface area contributed by atoms with Crippen LogP contribution in [0, 0.1) is 5.82 Å². The standard InChI is InChI=1S/C19H19FN4O2S/c20-15-3-1-2-4-16(15)21-17(25)11-24-8-5-13(6-9-24)18-22-23-19(26-18)14-7-10-27-12-14/h1-4,7,10,12-13H,5-6,8-9,11H2,(H,21,25). The molecule has 1 N–H and O–H groups in total. The molecule has 1 aliphatic rings. The van der Waals surface area contributed by atoms with Gasteiger partial charge in [-0.1, -0.05) is 12.1 Å². The van der Waals surface area contributed by atoms with Gasteiger partial charge in [-0.05, 0) is 49.5 Å². The molecular weight excluding hydrogens is 367 g/mol. The quantitative estimate of drug-likeness (QED) is 0.723. The molecule has 3 heterocycles. The van der Waals surface area contributed by atoms with Crippen molar-refractivity contribution >= 4 is 22.9 Å². The van der Waals surface area contributed by atoms with Crippen molar-refractivity contribution in [2.75, 3.05) is 25.0 Å². The van der Waals surface area contributed by atoms with E-state index in [2.05, 4.69) is 20.4 Å². The SMILES string of the molecule is O=C(CN1CCC(c2nnc(-c3ccsc3)o2)CC1)Nc1ccccc1F. The van der Waals surface area contributed by atoms with Crippen molar-refractivity contribution in [1.82, 2.24) is 15.1 Å². The van der Waals surface area contributed by atoms with Gasteiger partial charge in [0.15, 0.2) is 0 Å². The molecule has 1 amide bonds. The van der Waals surface area contributed by atoms with Gasteiger partial charge >= 0.3 is 0 Å². The largest absolute Gasteiger partial charge is 0.420 e. The Kier molecular flexibility index (Phi) is 5.26. The van der Waals surface area contributed by atoms with Crippen LogP contribution in [0.4, 0.5) is 10.1 Å². The number of rotatable bonds is 5. The maximum Gasteiger partial charge on any atom is 0.248 e. The minimum absolute atomic E-state index is 0.204. The van der Waals surface area contributed by atoms with Crippen LogP contribution in [0.1, 0.15) is 24.7 Å². The van der Waals surface area contributed by atoms with Gasteiger partial charge in [0.05, 0.1) is 12.2 Å². The highest BCUT2D eigenvalue weighted by atomic mass is 32.1. The monoisotopic (exact) mass is 386 g/mol. The highest BCUT2D eigenvalue weighted by molar-refractivity contribution is 7.08. The maximum absolute atomic E-state index is 13.6. The fraction of sp³-hybridized carbons (Fsp3) is 0.316. The molecule has 8 heteroatoms. The lowest BCUT2D eigenvalue weighted by atomic mass is 9.97. The van der Waals surface area contributed by atoms with E-state index in [4.69, 9.17) is 4.42 Å². The molecule has 0 radical (unpaired) electrons. The molecule has 0 spiro atoms. The zero-order valence-electron chi connectivity index (χ0n) is 14.6. The van der Waals surface area contributed by atoms with E-state index in [-0.39, 0.29) is 24.1 Å². The van der Waals surface area contributed by atoms with E-state index >= 15 is 0 Å². The molecule has 27 heavy (non-hydrogen) atoms. The first-order valence-electron chi connectivity index (χ1n) is 8.82. The molecule has 0 saturated carbocycles. The second kappa shape index (κ2) is 7.98. The lowest BCUT2D eigenvalue weighted by molar-refractivity contribution is -0.117. The fourth-order valence-electron chi connectivity index (χ4n) is 3.20. The number of amides is 1. The summed E-state index contributed by atoms with van der Waals surface area (Å²) >= 11 is 1.59. The maximum atomic E-state index is 13.6. The molecule has 0 bridgehead atoms. The summed E-state index contributed by atoms with van der Waals surface area (Å²) in [6.07, 6.45) is 1.69. The van der Waals surface area contributed by atoms with Crippen molar-refractivity contribution < 1.29 is 13.6 Å². The van der Waals surface area contributed by atoms with Gasteiger partial charge in [-0.15, -0.1) is 10.2 Å². The normalized spacial score (nSPS) is 15.7. The Hall–Kier alpha value is -2.58. The summed E-state index contributed by atoms with van der Waals surface area (Å²) in [5.74, 6) is 0.777. The van der Waals surface area contributed by atoms with E-state index in [1.165, 1.54) is 6.07 Å². The first-order valence-corrected chi connectivity index (χ1v) is 9.76. The first-order chi connectivity index (χ1) is 13.2. The summed E-state index contributed by atoms with van der Waals surface area (Å²) < 4.78 is 19.4. The van der Waals surface area contributed by atoms with Crippen molar-refractivity contribution in [3.8, 4) is 11.5 Å². The number of nitrogens with one attached hydrogen (secondary N) is 1. The molecule has 3 aromatic rings. The molecule has 6 nitrogen and oxygen atoms in total. The van der Waals surface area contributed by atoms with E-state index in [1.54, 1.807) is 29.5 Å². The molecule has 0 aliphatic carbocycles. The molecule has 140 valence electrons. The van der Waals surface area contributed by atoms with Gasteiger partial charge < -0.3 is 9.73 Å². The summed E-state index contributed by atoms with van der Waals surface area (Å²) in [5.41, 5.74) is 1.16. The number of benzene rings is 1. The highest BCUT2D eigenvalue weighted by Gasteiger charge is 2.26. The van der Waals surface area contributed by atoms with Crippen molar-refractivity contribution in [2.45, 2.75) is 18.8 Å². The van der Waals surface area contributed by atoms with Crippen LogP contribution >= 0.6 is 11.3 Å². The number of para-hydroxylation sites is 1. The minimum Gasteiger partial charge on any atom is -0.420 e. The van der Waals surface area contributed by atoms with Gasteiger partial charge in [0.25, 0.3) is 0 Å². The van der Waals surface area contributed by atoms with E-state index in [0.717, 1.165) is 31.5 Å². The Morgan fingerprint density at radius 3 is 2.81 bits per heavy atom. The molecule has 0 atom stereocenters. The molecule has 0 unspecified atom stereocenters. The number of aromatic nitrogens is 2. The third-order valence-electron chi connectivity index (χ3n) is 4.66. The Morgan fingerprint density at radius 1 is 1.26 bits per heavy atom. The van der Waals surface area contributed by atoms with Crippen LogP contribution in [-0.2, 0) is 4.79 Å². The third kappa shape index (κ3) is 4.23. The molecule has 4 rings (SSSR count). The van der Waals surface area contributed by atoms with Crippen molar-refractivity contribution in [3.63, 3.8) is 0 Å². The summed E-state index contributed by atoms with van der Waals surface area (Å²) in [5, 5.41) is 14.9. The topological polar surface area (TPSA) is 71.3 Å².